The Morgan fingerprint density at radius 3 is 3.05 bits per heavy atom. The van der Waals surface area contributed by atoms with Gasteiger partial charge < -0.3 is 10.1 Å². The molecule has 0 aromatic heterocycles. The van der Waals surface area contributed by atoms with Crippen molar-refractivity contribution in [2.75, 3.05) is 32.1 Å². The number of nitrogens with zero attached hydrogens (tertiary/aromatic N) is 2. The maximum atomic E-state index is 10.9. The zero-order valence-corrected chi connectivity index (χ0v) is 12.0. The molecular weight excluding hydrogens is 258 g/mol. The van der Waals surface area contributed by atoms with Crippen molar-refractivity contribution in [3.05, 3.63) is 33.9 Å². The highest BCUT2D eigenvalue weighted by molar-refractivity contribution is 5.62. The number of hydrogen-bond donors (Lipinski definition) is 1. The van der Waals surface area contributed by atoms with Gasteiger partial charge in [-0.3, -0.25) is 15.0 Å². The highest BCUT2D eigenvalue weighted by Crippen LogP contribution is 2.25. The fourth-order valence-electron chi connectivity index (χ4n) is 2.52. The summed E-state index contributed by atoms with van der Waals surface area (Å²) in [4.78, 5) is 12.9. The molecule has 1 aliphatic heterocycles. The molecule has 6 heteroatoms. The van der Waals surface area contributed by atoms with Crippen molar-refractivity contribution in [3.63, 3.8) is 0 Å². The molecule has 1 aromatic carbocycles. The van der Waals surface area contributed by atoms with E-state index in [1.165, 1.54) is 0 Å². The van der Waals surface area contributed by atoms with Crippen LogP contribution >= 0.6 is 0 Å². The molecule has 1 heterocycles. The minimum atomic E-state index is -0.364. The third kappa shape index (κ3) is 3.68. The second-order valence-corrected chi connectivity index (χ2v) is 5.13. The molecule has 0 bridgehead atoms. The normalized spacial score (nSPS) is 20.4. The zero-order valence-electron chi connectivity index (χ0n) is 12.0. The first kappa shape index (κ1) is 14.7. The third-order valence-corrected chi connectivity index (χ3v) is 3.47. The molecule has 0 amide bonds. The van der Waals surface area contributed by atoms with Crippen LogP contribution in [0.15, 0.2) is 18.2 Å². The SMILES string of the molecule is CNc1cc(CN2CCCOC(C)C2)ccc1[N+](=O)[O-]. The van der Waals surface area contributed by atoms with E-state index >= 15 is 0 Å². The van der Waals surface area contributed by atoms with Crippen molar-refractivity contribution in [3.8, 4) is 0 Å². The van der Waals surface area contributed by atoms with Gasteiger partial charge in [-0.15, -0.1) is 0 Å². The van der Waals surface area contributed by atoms with Crippen LogP contribution in [-0.4, -0.2) is 42.7 Å². The fraction of sp³-hybridized carbons (Fsp3) is 0.571. The first-order valence-corrected chi connectivity index (χ1v) is 6.89. The second kappa shape index (κ2) is 6.67. The second-order valence-electron chi connectivity index (χ2n) is 5.13. The lowest BCUT2D eigenvalue weighted by atomic mass is 10.1. The van der Waals surface area contributed by atoms with Gasteiger partial charge in [0.15, 0.2) is 0 Å². The van der Waals surface area contributed by atoms with E-state index in [-0.39, 0.29) is 16.7 Å². The van der Waals surface area contributed by atoms with Gasteiger partial charge in [0.25, 0.3) is 5.69 Å². The van der Waals surface area contributed by atoms with Crippen LogP contribution in [0, 0.1) is 10.1 Å². The van der Waals surface area contributed by atoms with Gasteiger partial charge in [0.1, 0.15) is 5.69 Å². The molecule has 1 aromatic rings. The van der Waals surface area contributed by atoms with Gasteiger partial charge in [0.05, 0.1) is 11.0 Å². The number of anilines is 1. The lowest BCUT2D eigenvalue weighted by molar-refractivity contribution is -0.384. The highest BCUT2D eigenvalue weighted by atomic mass is 16.6. The molecule has 110 valence electrons. The van der Waals surface area contributed by atoms with Gasteiger partial charge in [-0.25, -0.2) is 0 Å². The molecular formula is C14H21N3O3. The van der Waals surface area contributed by atoms with E-state index in [2.05, 4.69) is 17.1 Å². The lowest BCUT2D eigenvalue weighted by Gasteiger charge is -2.22. The molecule has 0 spiro atoms. The number of nitrogens with one attached hydrogen (secondary N) is 1. The molecule has 1 unspecified atom stereocenters. The molecule has 1 N–H and O–H groups in total. The first-order chi connectivity index (χ1) is 9.60. The van der Waals surface area contributed by atoms with Crippen molar-refractivity contribution >= 4 is 11.4 Å². The van der Waals surface area contributed by atoms with E-state index in [0.29, 0.717) is 5.69 Å². The van der Waals surface area contributed by atoms with Crippen LogP contribution in [0.5, 0.6) is 0 Å². The number of benzene rings is 1. The molecule has 6 nitrogen and oxygen atoms in total. The predicted octanol–water partition coefficient (Wildman–Crippen LogP) is 2.25. The molecule has 2 rings (SSSR count). The van der Waals surface area contributed by atoms with E-state index < -0.39 is 0 Å². The van der Waals surface area contributed by atoms with Crippen LogP contribution in [0.1, 0.15) is 18.9 Å². The number of rotatable bonds is 4. The summed E-state index contributed by atoms with van der Waals surface area (Å²) in [5, 5.41) is 13.8. The monoisotopic (exact) mass is 279 g/mol. The number of nitro benzene ring substituents is 1. The van der Waals surface area contributed by atoms with Gasteiger partial charge in [-0.05, 0) is 25.0 Å². The number of hydrogen-bond acceptors (Lipinski definition) is 5. The average Bonchev–Trinajstić information content (AvgIpc) is 2.62. The van der Waals surface area contributed by atoms with Crippen LogP contribution in [0.4, 0.5) is 11.4 Å². The highest BCUT2D eigenvalue weighted by Gasteiger charge is 2.17. The van der Waals surface area contributed by atoms with E-state index in [1.54, 1.807) is 13.1 Å². The predicted molar refractivity (Wildman–Crippen MR) is 78.0 cm³/mol. The Kier molecular flexibility index (Phi) is 4.92. The molecule has 20 heavy (non-hydrogen) atoms. The van der Waals surface area contributed by atoms with Gasteiger partial charge in [-0.1, -0.05) is 6.07 Å². The minimum absolute atomic E-state index is 0.115. The number of nitro groups is 1. The summed E-state index contributed by atoms with van der Waals surface area (Å²) in [7, 11) is 1.70. The molecule has 1 fully saturated rings. The molecule has 1 aliphatic rings. The minimum Gasteiger partial charge on any atom is -0.383 e. The van der Waals surface area contributed by atoms with Crippen LogP contribution in [0.3, 0.4) is 0 Å². The molecule has 0 aliphatic carbocycles. The van der Waals surface area contributed by atoms with Crippen molar-refractivity contribution in [2.45, 2.75) is 26.0 Å². The Balaban J connectivity index is 2.10. The molecule has 1 saturated heterocycles. The van der Waals surface area contributed by atoms with Crippen LogP contribution in [-0.2, 0) is 11.3 Å². The standard InChI is InChI=1S/C14H21N3O3/c1-11-9-16(6-3-7-20-11)10-12-4-5-14(17(18)19)13(8-12)15-2/h4-5,8,11,15H,3,6-7,9-10H2,1-2H3. The van der Waals surface area contributed by atoms with Crippen LogP contribution in [0.25, 0.3) is 0 Å². The summed E-state index contributed by atoms with van der Waals surface area (Å²) in [6.45, 7) is 5.56. The van der Waals surface area contributed by atoms with Crippen molar-refractivity contribution < 1.29 is 9.66 Å². The summed E-state index contributed by atoms with van der Waals surface area (Å²) >= 11 is 0. The van der Waals surface area contributed by atoms with Gasteiger partial charge in [-0.2, -0.15) is 0 Å². The van der Waals surface area contributed by atoms with E-state index in [9.17, 15) is 10.1 Å². The summed E-state index contributed by atoms with van der Waals surface area (Å²) in [5.74, 6) is 0. The summed E-state index contributed by atoms with van der Waals surface area (Å²) in [6, 6.07) is 5.25. The van der Waals surface area contributed by atoms with Gasteiger partial charge in [0, 0.05) is 39.4 Å². The summed E-state index contributed by atoms with van der Waals surface area (Å²) in [6.07, 6.45) is 1.26. The maximum absolute atomic E-state index is 10.9. The van der Waals surface area contributed by atoms with Crippen LogP contribution < -0.4 is 5.32 Å². The molecule has 1 atom stereocenters. The Hall–Kier alpha value is -1.66. The topological polar surface area (TPSA) is 67.6 Å². The summed E-state index contributed by atoms with van der Waals surface area (Å²) in [5.41, 5.74) is 1.75. The Morgan fingerprint density at radius 2 is 2.35 bits per heavy atom. The number of ether oxygens (including phenoxy) is 1. The fourth-order valence-corrected chi connectivity index (χ4v) is 2.52. The smallest absolute Gasteiger partial charge is 0.292 e. The van der Waals surface area contributed by atoms with Gasteiger partial charge in [0.2, 0.25) is 0 Å². The Morgan fingerprint density at radius 1 is 1.55 bits per heavy atom. The third-order valence-electron chi connectivity index (χ3n) is 3.47. The Labute approximate surface area is 118 Å². The molecule has 0 radical (unpaired) electrons. The van der Waals surface area contributed by atoms with E-state index in [0.717, 1.165) is 38.2 Å². The van der Waals surface area contributed by atoms with Crippen molar-refractivity contribution in [2.24, 2.45) is 0 Å². The quantitative estimate of drug-likeness (QED) is 0.676. The molecule has 0 saturated carbocycles. The maximum Gasteiger partial charge on any atom is 0.292 e. The van der Waals surface area contributed by atoms with Crippen molar-refractivity contribution in [1.29, 1.82) is 0 Å². The lowest BCUT2D eigenvalue weighted by Crippen LogP contribution is -2.29. The van der Waals surface area contributed by atoms with Crippen LogP contribution in [0.2, 0.25) is 0 Å². The summed E-state index contributed by atoms with van der Waals surface area (Å²) < 4.78 is 5.62. The van der Waals surface area contributed by atoms with Crippen molar-refractivity contribution in [1.82, 2.24) is 4.90 Å². The zero-order chi connectivity index (χ0) is 14.5. The van der Waals surface area contributed by atoms with E-state index in [4.69, 9.17) is 4.74 Å². The largest absolute Gasteiger partial charge is 0.383 e. The van der Waals surface area contributed by atoms with E-state index in [1.807, 2.05) is 12.1 Å². The Bertz CT molecular complexity index is 479. The average molecular weight is 279 g/mol. The first-order valence-electron chi connectivity index (χ1n) is 6.89. The van der Waals surface area contributed by atoms with Gasteiger partial charge >= 0.3 is 0 Å².